The standard InChI is InChI=1S/C15H26N2O/c1-4-6-13(7-5-2)14(18)17-10-8-15(3,12-16)9-11-17/h13H,4-11H2,1-3H3. The Kier molecular flexibility index (Phi) is 5.65. The average Bonchev–Trinajstić information content (AvgIpc) is 2.39. The fourth-order valence-electron chi connectivity index (χ4n) is 2.68. The molecule has 0 aromatic rings. The Bertz CT molecular complexity index is 305. The predicted molar refractivity (Wildman–Crippen MR) is 72.8 cm³/mol. The van der Waals surface area contributed by atoms with Crippen molar-refractivity contribution in [1.82, 2.24) is 4.90 Å². The maximum absolute atomic E-state index is 12.4. The van der Waals surface area contributed by atoms with Crippen LogP contribution in [0, 0.1) is 22.7 Å². The van der Waals surface area contributed by atoms with Gasteiger partial charge in [0.25, 0.3) is 0 Å². The highest BCUT2D eigenvalue weighted by Crippen LogP contribution is 2.31. The van der Waals surface area contributed by atoms with Gasteiger partial charge in [0, 0.05) is 19.0 Å². The minimum absolute atomic E-state index is 0.200. The molecular formula is C15H26N2O. The molecular weight excluding hydrogens is 224 g/mol. The highest BCUT2D eigenvalue weighted by molar-refractivity contribution is 5.78. The number of likely N-dealkylation sites (tertiary alicyclic amines) is 1. The van der Waals surface area contributed by atoms with Gasteiger partial charge in [0.15, 0.2) is 0 Å². The number of nitrogens with zero attached hydrogens (tertiary/aromatic N) is 2. The van der Waals surface area contributed by atoms with Crippen molar-refractivity contribution in [3.05, 3.63) is 0 Å². The second-order valence-corrected chi connectivity index (χ2v) is 5.77. The van der Waals surface area contributed by atoms with Gasteiger partial charge < -0.3 is 4.90 Å². The van der Waals surface area contributed by atoms with Gasteiger partial charge in [-0.05, 0) is 32.6 Å². The lowest BCUT2D eigenvalue weighted by Gasteiger charge is -2.36. The van der Waals surface area contributed by atoms with Gasteiger partial charge in [-0.25, -0.2) is 0 Å². The zero-order chi connectivity index (χ0) is 13.6. The highest BCUT2D eigenvalue weighted by atomic mass is 16.2. The molecule has 1 saturated heterocycles. The van der Waals surface area contributed by atoms with Crippen LogP contribution in [-0.4, -0.2) is 23.9 Å². The average molecular weight is 250 g/mol. The van der Waals surface area contributed by atoms with E-state index < -0.39 is 0 Å². The third kappa shape index (κ3) is 3.73. The first-order valence-corrected chi connectivity index (χ1v) is 7.26. The van der Waals surface area contributed by atoms with Gasteiger partial charge in [-0.15, -0.1) is 0 Å². The first-order chi connectivity index (χ1) is 8.56. The number of hydrogen-bond acceptors (Lipinski definition) is 2. The molecule has 3 heteroatoms. The molecule has 0 bridgehead atoms. The van der Waals surface area contributed by atoms with E-state index in [1.54, 1.807) is 0 Å². The molecule has 18 heavy (non-hydrogen) atoms. The summed E-state index contributed by atoms with van der Waals surface area (Å²) in [6, 6.07) is 2.38. The molecule has 0 aromatic carbocycles. The van der Waals surface area contributed by atoms with Crippen molar-refractivity contribution >= 4 is 5.91 Å². The molecule has 1 heterocycles. The Morgan fingerprint density at radius 1 is 1.28 bits per heavy atom. The van der Waals surface area contributed by atoms with Crippen molar-refractivity contribution < 1.29 is 4.79 Å². The maximum Gasteiger partial charge on any atom is 0.225 e. The summed E-state index contributed by atoms with van der Waals surface area (Å²) >= 11 is 0. The van der Waals surface area contributed by atoms with Gasteiger partial charge in [0.2, 0.25) is 5.91 Å². The van der Waals surface area contributed by atoms with Crippen LogP contribution in [-0.2, 0) is 4.79 Å². The highest BCUT2D eigenvalue weighted by Gasteiger charge is 2.33. The van der Waals surface area contributed by atoms with Crippen molar-refractivity contribution in [3.63, 3.8) is 0 Å². The first-order valence-electron chi connectivity index (χ1n) is 7.26. The molecule has 0 spiro atoms. The number of carbonyl (C=O) groups is 1. The summed E-state index contributed by atoms with van der Waals surface area (Å²) < 4.78 is 0. The number of amides is 1. The molecule has 0 saturated carbocycles. The van der Waals surface area contributed by atoms with Crippen molar-refractivity contribution in [2.24, 2.45) is 11.3 Å². The van der Waals surface area contributed by atoms with Crippen LogP contribution in [0.1, 0.15) is 59.3 Å². The van der Waals surface area contributed by atoms with E-state index in [-0.39, 0.29) is 11.3 Å². The topological polar surface area (TPSA) is 44.1 Å². The minimum Gasteiger partial charge on any atom is -0.342 e. The Balaban J connectivity index is 2.55. The van der Waals surface area contributed by atoms with E-state index in [2.05, 4.69) is 19.9 Å². The lowest BCUT2D eigenvalue weighted by atomic mass is 9.81. The van der Waals surface area contributed by atoms with Crippen molar-refractivity contribution in [2.75, 3.05) is 13.1 Å². The van der Waals surface area contributed by atoms with Crippen LogP contribution >= 0.6 is 0 Å². The zero-order valence-corrected chi connectivity index (χ0v) is 12.0. The smallest absolute Gasteiger partial charge is 0.225 e. The van der Waals surface area contributed by atoms with Gasteiger partial charge in [0.05, 0.1) is 11.5 Å². The second kappa shape index (κ2) is 6.78. The summed E-state index contributed by atoms with van der Waals surface area (Å²) in [4.78, 5) is 14.4. The molecule has 0 radical (unpaired) electrons. The summed E-state index contributed by atoms with van der Waals surface area (Å²) in [5, 5.41) is 9.10. The summed E-state index contributed by atoms with van der Waals surface area (Å²) in [5.74, 6) is 0.519. The van der Waals surface area contributed by atoms with Gasteiger partial charge in [-0.2, -0.15) is 5.26 Å². The van der Waals surface area contributed by atoms with E-state index in [1.165, 1.54) is 0 Å². The van der Waals surface area contributed by atoms with Gasteiger partial charge in [-0.3, -0.25) is 4.79 Å². The van der Waals surface area contributed by atoms with E-state index in [4.69, 9.17) is 5.26 Å². The van der Waals surface area contributed by atoms with E-state index in [9.17, 15) is 4.79 Å². The third-order valence-corrected chi connectivity index (χ3v) is 4.07. The van der Waals surface area contributed by atoms with Crippen LogP contribution in [0.15, 0.2) is 0 Å². The molecule has 0 aliphatic carbocycles. The fourth-order valence-corrected chi connectivity index (χ4v) is 2.68. The molecule has 1 rings (SSSR count). The number of piperidine rings is 1. The molecule has 1 aliphatic heterocycles. The molecule has 0 N–H and O–H groups in total. The van der Waals surface area contributed by atoms with Crippen LogP contribution in [0.4, 0.5) is 0 Å². The zero-order valence-electron chi connectivity index (χ0n) is 12.0. The third-order valence-electron chi connectivity index (χ3n) is 4.07. The molecule has 0 aromatic heterocycles. The van der Waals surface area contributed by atoms with Crippen molar-refractivity contribution in [3.8, 4) is 6.07 Å². The van der Waals surface area contributed by atoms with Crippen LogP contribution in [0.5, 0.6) is 0 Å². The van der Waals surface area contributed by atoms with Gasteiger partial charge in [0.1, 0.15) is 0 Å². The quantitative estimate of drug-likeness (QED) is 0.751. The van der Waals surface area contributed by atoms with Gasteiger partial charge in [-0.1, -0.05) is 26.7 Å². The summed E-state index contributed by atoms with van der Waals surface area (Å²) in [5.41, 5.74) is -0.220. The van der Waals surface area contributed by atoms with Crippen LogP contribution in [0.3, 0.4) is 0 Å². The Morgan fingerprint density at radius 2 is 1.78 bits per heavy atom. The minimum atomic E-state index is -0.220. The molecule has 0 atom stereocenters. The van der Waals surface area contributed by atoms with Crippen LogP contribution in [0.2, 0.25) is 0 Å². The van der Waals surface area contributed by atoms with Crippen LogP contribution in [0.25, 0.3) is 0 Å². The van der Waals surface area contributed by atoms with Crippen molar-refractivity contribution in [2.45, 2.75) is 59.3 Å². The lowest BCUT2D eigenvalue weighted by Crippen LogP contribution is -2.44. The SMILES string of the molecule is CCCC(CCC)C(=O)N1CCC(C)(C#N)CC1. The molecule has 102 valence electrons. The molecule has 0 unspecified atom stereocenters. The van der Waals surface area contributed by atoms with E-state index in [0.717, 1.165) is 51.6 Å². The Hall–Kier alpha value is -1.04. The Labute approximate surface area is 111 Å². The number of nitriles is 1. The lowest BCUT2D eigenvalue weighted by molar-refractivity contribution is -0.137. The summed E-state index contributed by atoms with van der Waals surface area (Å²) in [7, 11) is 0. The normalized spacial score (nSPS) is 18.7. The summed E-state index contributed by atoms with van der Waals surface area (Å²) in [6.07, 6.45) is 5.78. The Morgan fingerprint density at radius 3 is 2.17 bits per heavy atom. The van der Waals surface area contributed by atoms with Crippen LogP contribution < -0.4 is 0 Å². The van der Waals surface area contributed by atoms with Crippen molar-refractivity contribution in [1.29, 1.82) is 5.26 Å². The van der Waals surface area contributed by atoms with E-state index in [1.807, 2.05) is 11.8 Å². The molecule has 1 amide bonds. The second-order valence-electron chi connectivity index (χ2n) is 5.77. The predicted octanol–water partition coefficient (Wildman–Crippen LogP) is 3.36. The van der Waals surface area contributed by atoms with E-state index >= 15 is 0 Å². The largest absolute Gasteiger partial charge is 0.342 e. The number of rotatable bonds is 5. The monoisotopic (exact) mass is 250 g/mol. The fraction of sp³-hybridized carbons (Fsp3) is 0.867. The molecule has 3 nitrogen and oxygen atoms in total. The molecule has 1 fully saturated rings. The first kappa shape index (κ1) is 15.0. The maximum atomic E-state index is 12.4. The van der Waals surface area contributed by atoms with E-state index in [0.29, 0.717) is 5.91 Å². The number of hydrogen-bond donors (Lipinski definition) is 0. The summed E-state index contributed by atoms with van der Waals surface area (Å²) in [6.45, 7) is 7.79. The van der Waals surface area contributed by atoms with Gasteiger partial charge >= 0.3 is 0 Å². The number of carbonyl (C=O) groups excluding carboxylic acids is 1. The molecule has 1 aliphatic rings.